The molecule has 2 N–H and O–H groups in total. The third kappa shape index (κ3) is 4.23. The van der Waals surface area contributed by atoms with E-state index in [1.54, 1.807) is 17.9 Å². The number of hydrogen-bond acceptors (Lipinski definition) is 3. The van der Waals surface area contributed by atoms with Gasteiger partial charge < -0.3 is 15.5 Å². The van der Waals surface area contributed by atoms with E-state index in [4.69, 9.17) is 0 Å². The number of aryl methyl sites for hydroxylation is 1. The van der Waals surface area contributed by atoms with E-state index in [9.17, 15) is 14.4 Å². The molecular formula is C20H27N3O3. The molecule has 1 unspecified atom stereocenters. The Morgan fingerprint density at radius 3 is 2.58 bits per heavy atom. The number of nitrogens with zero attached hydrogens (tertiary/aromatic N) is 1. The van der Waals surface area contributed by atoms with E-state index in [0.717, 1.165) is 31.2 Å². The van der Waals surface area contributed by atoms with Crippen molar-refractivity contribution >= 4 is 29.1 Å². The van der Waals surface area contributed by atoms with Crippen molar-refractivity contribution < 1.29 is 14.4 Å². The fourth-order valence-corrected chi connectivity index (χ4v) is 3.33. The van der Waals surface area contributed by atoms with Crippen molar-refractivity contribution in [3.05, 3.63) is 23.8 Å². The van der Waals surface area contributed by atoms with Gasteiger partial charge in [-0.2, -0.15) is 0 Å². The second kappa shape index (κ2) is 7.89. The van der Waals surface area contributed by atoms with E-state index in [1.807, 2.05) is 19.1 Å². The second-order valence-corrected chi connectivity index (χ2v) is 7.24. The largest absolute Gasteiger partial charge is 0.330 e. The number of likely N-dealkylation sites (tertiary alicyclic amines) is 1. The molecule has 6 heteroatoms. The van der Waals surface area contributed by atoms with Crippen LogP contribution in [-0.4, -0.2) is 35.2 Å². The lowest BCUT2D eigenvalue weighted by molar-refractivity contribution is -0.141. The van der Waals surface area contributed by atoms with Crippen LogP contribution in [0.4, 0.5) is 11.4 Å². The number of carbonyl (C=O) groups excluding carboxylic acids is 3. The monoisotopic (exact) mass is 357 g/mol. The van der Waals surface area contributed by atoms with Crippen LogP contribution in [0.25, 0.3) is 0 Å². The first-order valence-electron chi connectivity index (χ1n) is 9.51. The van der Waals surface area contributed by atoms with Gasteiger partial charge in [0.25, 0.3) is 0 Å². The first-order chi connectivity index (χ1) is 12.5. The van der Waals surface area contributed by atoms with Crippen molar-refractivity contribution in [3.8, 4) is 0 Å². The summed E-state index contributed by atoms with van der Waals surface area (Å²) in [6.07, 6.45) is 4.91. The number of carbonyl (C=O) groups is 3. The van der Waals surface area contributed by atoms with Gasteiger partial charge in [0.2, 0.25) is 17.7 Å². The smallest absolute Gasteiger partial charge is 0.247 e. The summed E-state index contributed by atoms with van der Waals surface area (Å²) in [6, 6.07) is 5.07. The number of nitrogens with one attached hydrogen (secondary N) is 2. The predicted molar refractivity (Wildman–Crippen MR) is 101 cm³/mol. The van der Waals surface area contributed by atoms with Crippen molar-refractivity contribution in [1.29, 1.82) is 0 Å². The van der Waals surface area contributed by atoms with Gasteiger partial charge in [0.15, 0.2) is 0 Å². The molecule has 1 saturated carbocycles. The number of rotatable bonds is 5. The molecule has 140 valence electrons. The Kier molecular flexibility index (Phi) is 5.59. The molecule has 1 aromatic rings. The lowest BCUT2D eigenvalue weighted by atomic mass is 10.0. The van der Waals surface area contributed by atoms with E-state index < -0.39 is 6.04 Å². The zero-order valence-corrected chi connectivity index (χ0v) is 15.5. The van der Waals surface area contributed by atoms with Gasteiger partial charge in [0.05, 0.1) is 0 Å². The number of amides is 3. The Labute approximate surface area is 154 Å². The summed E-state index contributed by atoms with van der Waals surface area (Å²) in [5, 5.41) is 5.78. The fourth-order valence-electron chi connectivity index (χ4n) is 3.33. The van der Waals surface area contributed by atoms with Crippen molar-refractivity contribution in [3.63, 3.8) is 0 Å². The van der Waals surface area contributed by atoms with Gasteiger partial charge in [-0.3, -0.25) is 14.4 Å². The summed E-state index contributed by atoms with van der Waals surface area (Å²) in [6.45, 7) is 4.37. The van der Waals surface area contributed by atoms with Crippen LogP contribution in [0.15, 0.2) is 18.2 Å². The zero-order valence-electron chi connectivity index (χ0n) is 15.5. The van der Waals surface area contributed by atoms with Gasteiger partial charge in [-0.05, 0) is 56.7 Å². The number of benzene rings is 1. The summed E-state index contributed by atoms with van der Waals surface area (Å²) in [5.74, 6) is 0.0451. The minimum absolute atomic E-state index is 0.0648. The average molecular weight is 357 g/mol. The quantitative estimate of drug-likeness (QED) is 0.850. The van der Waals surface area contributed by atoms with Gasteiger partial charge >= 0.3 is 0 Å². The molecule has 1 aromatic carbocycles. The highest BCUT2D eigenvalue weighted by molar-refractivity contribution is 5.99. The van der Waals surface area contributed by atoms with Gasteiger partial charge in [-0.15, -0.1) is 0 Å². The molecule has 0 radical (unpaired) electrons. The Bertz CT molecular complexity index is 712. The van der Waals surface area contributed by atoms with Crippen LogP contribution in [0, 0.1) is 12.8 Å². The van der Waals surface area contributed by atoms with Crippen LogP contribution in [0.5, 0.6) is 0 Å². The van der Waals surface area contributed by atoms with Crippen LogP contribution in [0.3, 0.4) is 0 Å². The maximum Gasteiger partial charge on any atom is 0.247 e. The van der Waals surface area contributed by atoms with Crippen LogP contribution in [-0.2, 0) is 14.4 Å². The maximum absolute atomic E-state index is 12.8. The maximum atomic E-state index is 12.8. The average Bonchev–Trinajstić information content (AvgIpc) is 3.49. The summed E-state index contributed by atoms with van der Waals surface area (Å²) in [4.78, 5) is 38.7. The third-order valence-electron chi connectivity index (χ3n) is 5.12. The van der Waals surface area contributed by atoms with Crippen LogP contribution < -0.4 is 10.6 Å². The van der Waals surface area contributed by atoms with Crippen LogP contribution >= 0.6 is 0 Å². The molecule has 1 atom stereocenters. The number of anilines is 2. The Hall–Kier alpha value is -2.37. The summed E-state index contributed by atoms with van der Waals surface area (Å²) >= 11 is 0. The molecule has 3 amide bonds. The van der Waals surface area contributed by atoms with E-state index in [1.165, 1.54) is 0 Å². The lowest BCUT2D eigenvalue weighted by Crippen LogP contribution is -2.50. The predicted octanol–water partition coefficient (Wildman–Crippen LogP) is 3.07. The van der Waals surface area contributed by atoms with Crippen molar-refractivity contribution in [2.24, 2.45) is 5.92 Å². The highest BCUT2D eigenvalue weighted by Crippen LogP contribution is 2.33. The molecule has 26 heavy (non-hydrogen) atoms. The second-order valence-electron chi connectivity index (χ2n) is 7.24. The zero-order chi connectivity index (χ0) is 18.7. The molecule has 2 aliphatic rings. The number of piperidine rings is 1. The van der Waals surface area contributed by atoms with Gasteiger partial charge in [-0.25, -0.2) is 0 Å². The first kappa shape index (κ1) is 18.4. The summed E-state index contributed by atoms with van der Waals surface area (Å²) in [5.41, 5.74) is 2.27. The molecule has 2 fully saturated rings. The minimum Gasteiger partial charge on any atom is -0.330 e. The first-order valence-corrected chi connectivity index (χ1v) is 9.51. The van der Waals surface area contributed by atoms with Crippen molar-refractivity contribution in [1.82, 2.24) is 4.90 Å². The molecule has 1 heterocycles. The summed E-state index contributed by atoms with van der Waals surface area (Å²) in [7, 11) is 0. The van der Waals surface area contributed by atoms with Gasteiger partial charge in [0, 0.05) is 30.3 Å². The molecule has 1 aliphatic carbocycles. The van der Waals surface area contributed by atoms with Gasteiger partial charge in [-0.1, -0.05) is 13.0 Å². The molecule has 0 bridgehead atoms. The number of hydrogen-bond donors (Lipinski definition) is 2. The highest BCUT2D eigenvalue weighted by Gasteiger charge is 2.39. The summed E-state index contributed by atoms with van der Waals surface area (Å²) < 4.78 is 0. The van der Waals surface area contributed by atoms with Crippen molar-refractivity contribution in [2.45, 2.75) is 58.4 Å². The standard InChI is InChI=1S/C20H27N3O3/c1-3-18(24)22-16-12-15(10-7-13(16)2)21-19(25)17-6-4-5-11-23(17)20(26)14-8-9-14/h7,10,12,14,17H,3-6,8-9,11H2,1-2H3,(H,21,25)(H,22,24). The molecular weight excluding hydrogens is 330 g/mol. The SMILES string of the molecule is CCC(=O)Nc1cc(NC(=O)C2CCCCN2C(=O)C2CC2)ccc1C. The molecule has 1 saturated heterocycles. The molecule has 0 aromatic heterocycles. The molecule has 0 spiro atoms. The Balaban J connectivity index is 1.70. The van der Waals surface area contributed by atoms with Crippen LogP contribution in [0.1, 0.15) is 51.0 Å². The van der Waals surface area contributed by atoms with Crippen LogP contribution in [0.2, 0.25) is 0 Å². The van der Waals surface area contributed by atoms with E-state index in [-0.39, 0.29) is 23.6 Å². The molecule has 3 rings (SSSR count). The van der Waals surface area contributed by atoms with E-state index in [2.05, 4.69) is 10.6 Å². The third-order valence-corrected chi connectivity index (χ3v) is 5.12. The molecule has 1 aliphatic heterocycles. The normalized spacial score (nSPS) is 19.8. The van der Waals surface area contributed by atoms with Gasteiger partial charge in [0.1, 0.15) is 6.04 Å². The van der Waals surface area contributed by atoms with E-state index in [0.29, 0.717) is 30.8 Å². The highest BCUT2D eigenvalue weighted by atomic mass is 16.2. The topological polar surface area (TPSA) is 78.5 Å². The van der Waals surface area contributed by atoms with Crippen molar-refractivity contribution in [2.75, 3.05) is 17.2 Å². The lowest BCUT2D eigenvalue weighted by Gasteiger charge is -2.35. The minimum atomic E-state index is -0.396. The Morgan fingerprint density at radius 2 is 1.88 bits per heavy atom. The Morgan fingerprint density at radius 1 is 1.12 bits per heavy atom. The molecule has 6 nitrogen and oxygen atoms in total. The fraction of sp³-hybridized carbons (Fsp3) is 0.550. The van der Waals surface area contributed by atoms with E-state index >= 15 is 0 Å².